The normalized spacial score (nSPS) is 10.7. The molecule has 0 saturated carbocycles. The summed E-state index contributed by atoms with van der Waals surface area (Å²) in [6.07, 6.45) is 4.05. The van der Waals surface area contributed by atoms with Crippen molar-refractivity contribution in [3.8, 4) is 16.6 Å². The van der Waals surface area contributed by atoms with Gasteiger partial charge < -0.3 is 9.88 Å². The topological polar surface area (TPSA) is 83.6 Å². The molecule has 1 N–H and O–H groups in total. The number of hydrogen-bond acceptors (Lipinski definition) is 5. The predicted molar refractivity (Wildman–Crippen MR) is 110 cm³/mol. The van der Waals surface area contributed by atoms with E-state index in [9.17, 15) is 4.79 Å². The number of carbonyl (C=O) groups is 1. The summed E-state index contributed by atoms with van der Waals surface area (Å²) in [4.78, 5) is 21.4. The van der Waals surface area contributed by atoms with Gasteiger partial charge in [0.15, 0.2) is 0 Å². The second kappa shape index (κ2) is 7.62. The Morgan fingerprint density at radius 1 is 1.29 bits per heavy atom. The Bertz CT molecular complexity index is 1180. The third-order valence-electron chi connectivity index (χ3n) is 4.40. The Balaban J connectivity index is 1.52. The lowest BCUT2D eigenvalue weighted by Gasteiger charge is -2.03. The molecule has 0 bridgehead atoms. The standard InChI is InChI=1S/C21H17N5OS/c1-2-26-12-18(17-4-3-9-23-20(17)26)21-25-16(13-28-21)10-19(27)24-15-7-5-14(11-22)6-8-15/h3-9,12-13H,2,10H2,1H3,(H,24,27). The van der Waals surface area contributed by atoms with Crippen LogP contribution in [0, 0.1) is 11.3 Å². The van der Waals surface area contributed by atoms with Crippen molar-refractivity contribution in [1.29, 1.82) is 5.26 Å². The van der Waals surface area contributed by atoms with E-state index in [-0.39, 0.29) is 12.3 Å². The largest absolute Gasteiger partial charge is 0.332 e. The number of nitrogens with zero attached hydrogens (tertiary/aromatic N) is 4. The number of hydrogen-bond donors (Lipinski definition) is 1. The number of carbonyl (C=O) groups excluding carboxylic acids is 1. The van der Waals surface area contributed by atoms with Gasteiger partial charge in [0.1, 0.15) is 10.7 Å². The molecule has 4 rings (SSSR count). The summed E-state index contributed by atoms with van der Waals surface area (Å²) < 4.78 is 2.10. The first-order chi connectivity index (χ1) is 13.7. The molecule has 1 amide bonds. The maximum Gasteiger partial charge on any atom is 0.230 e. The molecule has 6 nitrogen and oxygen atoms in total. The predicted octanol–water partition coefficient (Wildman–Crippen LogP) is 4.23. The lowest BCUT2D eigenvalue weighted by molar-refractivity contribution is -0.115. The van der Waals surface area contributed by atoms with Crippen molar-refractivity contribution < 1.29 is 4.79 Å². The molecule has 138 valence electrons. The molecule has 3 aromatic heterocycles. The number of rotatable bonds is 5. The van der Waals surface area contributed by atoms with E-state index in [0.29, 0.717) is 11.3 Å². The minimum Gasteiger partial charge on any atom is -0.332 e. The van der Waals surface area contributed by atoms with E-state index in [1.165, 1.54) is 11.3 Å². The quantitative estimate of drug-likeness (QED) is 0.555. The Hall–Kier alpha value is -3.50. The van der Waals surface area contributed by atoms with Crippen LogP contribution in [0.2, 0.25) is 0 Å². The number of thiazole rings is 1. The average Bonchev–Trinajstić information content (AvgIpc) is 3.32. The summed E-state index contributed by atoms with van der Waals surface area (Å²) in [6, 6.07) is 12.8. The maximum atomic E-state index is 12.3. The third kappa shape index (κ3) is 3.50. The molecule has 0 aliphatic heterocycles. The molecule has 0 unspecified atom stereocenters. The average molecular weight is 387 g/mol. The summed E-state index contributed by atoms with van der Waals surface area (Å²) in [7, 11) is 0. The van der Waals surface area contributed by atoms with Gasteiger partial charge in [-0.2, -0.15) is 5.26 Å². The zero-order valence-electron chi connectivity index (χ0n) is 15.2. The smallest absolute Gasteiger partial charge is 0.230 e. The molecule has 0 spiro atoms. The first-order valence-corrected chi connectivity index (χ1v) is 9.74. The van der Waals surface area contributed by atoms with Gasteiger partial charge in [0, 0.05) is 41.0 Å². The van der Waals surface area contributed by atoms with Gasteiger partial charge in [-0.15, -0.1) is 11.3 Å². The molecular weight excluding hydrogens is 370 g/mol. The fourth-order valence-electron chi connectivity index (χ4n) is 3.04. The third-order valence-corrected chi connectivity index (χ3v) is 5.32. The van der Waals surface area contributed by atoms with Crippen LogP contribution in [-0.4, -0.2) is 20.4 Å². The van der Waals surface area contributed by atoms with Crippen molar-refractivity contribution in [3.05, 3.63) is 65.4 Å². The molecule has 0 saturated heterocycles. The van der Waals surface area contributed by atoms with Gasteiger partial charge in [0.2, 0.25) is 5.91 Å². The van der Waals surface area contributed by atoms with Gasteiger partial charge in [-0.3, -0.25) is 4.79 Å². The van der Waals surface area contributed by atoms with Crippen LogP contribution in [-0.2, 0) is 17.8 Å². The molecule has 0 aliphatic carbocycles. The van der Waals surface area contributed by atoms with Crippen LogP contribution in [0.4, 0.5) is 5.69 Å². The fraction of sp³-hybridized carbons (Fsp3) is 0.143. The Labute approximate surface area is 166 Å². The number of fused-ring (bicyclic) bond motifs is 1. The number of benzene rings is 1. The number of amides is 1. The van der Waals surface area contributed by atoms with E-state index in [1.807, 2.05) is 17.5 Å². The van der Waals surface area contributed by atoms with Crippen molar-refractivity contribution in [2.24, 2.45) is 0 Å². The summed E-state index contributed by atoms with van der Waals surface area (Å²) in [5.41, 5.74) is 3.93. The van der Waals surface area contributed by atoms with Crippen LogP contribution in [0.25, 0.3) is 21.6 Å². The first-order valence-electron chi connectivity index (χ1n) is 8.86. The lowest BCUT2D eigenvalue weighted by atomic mass is 10.2. The van der Waals surface area contributed by atoms with Gasteiger partial charge in [0.25, 0.3) is 0 Å². The molecule has 7 heteroatoms. The van der Waals surface area contributed by atoms with Crippen LogP contribution in [0.15, 0.2) is 54.2 Å². The highest BCUT2D eigenvalue weighted by Gasteiger charge is 2.15. The summed E-state index contributed by atoms with van der Waals surface area (Å²) in [5, 5.41) is 15.5. The number of pyridine rings is 1. The van der Waals surface area contributed by atoms with Gasteiger partial charge in [0.05, 0.1) is 23.7 Å². The maximum absolute atomic E-state index is 12.3. The van der Waals surface area contributed by atoms with Crippen molar-refractivity contribution in [1.82, 2.24) is 14.5 Å². The molecular formula is C21H17N5OS. The molecule has 4 aromatic rings. The van der Waals surface area contributed by atoms with Crippen molar-refractivity contribution in [2.75, 3.05) is 5.32 Å². The van der Waals surface area contributed by atoms with Crippen molar-refractivity contribution in [2.45, 2.75) is 19.9 Å². The number of anilines is 1. The van der Waals surface area contributed by atoms with Crippen LogP contribution in [0.3, 0.4) is 0 Å². The molecule has 1 aromatic carbocycles. The highest BCUT2D eigenvalue weighted by atomic mass is 32.1. The van der Waals surface area contributed by atoms with E-state index in [0.717, 1.165) is 33.8 Å². The molecule has 0 aliphatic rings. The van der Waals surface area contributed by atoms with Crippen LogP contribution < -0.4 is 5.32 Å². The van der Waals surface area contributed by atoms with Crippen molar-refractivity contribution >= 4 is 34.0 Å². The zero-order valence-corrected chi connectivity index (χ0v) is 16.0. The molecule has 28 heavy (non-hydrogen) atoms. The minimum absolute atomic E-state index is 0.140. The second-order valence-electron chi connectivity index (χ2n) is 6.26. The molecule has 3 heterocycles. The SMILES string of the molecule is CCn1cc(-c2nc(CC(=O)Nc3ccc(C#N)cc3)cs2)c2cccnc21. The van der Waals surface area contributed by atoms with E-state index >= 15 is 0 Å². The second-order valence-corrected chi connectivity index (χ2v) is 7.12. The highest BCUT2D eigenvalue weighted by molar-refractivity contribution is 7.13. The van der Waals surface area contributed by atoms with Gasteiger partial charge in [-0.1, -0.05) is 0 Å². The van der Waals surface area contributed by atoms with Crippen LogP contribution in [0.1, 0.15) is 18.2 Å². The Morgan fingerprint density at radius 2 is 2.11 bits per heavy atom. The summed E-state index contributed by atoms with van der Waals surface area (Å²) in [6.45, 7) is 2.91. The fourth-order valence-corrected chi connectivity index (χ4v) is 3.89. The monoisotopic (exact) mass is 387 g/mol. The van der Waals surface area contributed by atoms with Gasteiger partial charge in [-0.25, -0.2) is 9.97 Å². The van der Waals surface area contributed by atoms with E-state index in [1.54, 1.807) is 30.5 Å². The van der Waals surface area contributed by atoms with Crippen LogP contribution in [0.5, 0.6) is 0 Å². The number of aryl methyl sites for hydroxylation is 1. The Kier molecular flexibility index (Phi) is 4.87. The molecule has 0 fully saturated rings. The highest BCUT2D eigenvalue weighted by Crippen LogP contribution is 2.32. The number of aromatic nitrogens is 3. The summed E-state index contributed by atoms with van der Waals surface area (Å²) >= 11 is 1.53. The number of nitrogens with one attached hydrogen (secondary N) is 1. The van der Waals surface area contributed by atoms with E-state index in [4.69, 9.17) is 5.26 Å². The minimum atomic E-state index is -0.140. The summed E-state index contributed by atoms with van der Waals surface area (Å²) in [5.74, 6) is -0.140. The Morgan fingerprint density at radius 3 is 2.86 bits per heavy atom. The van der Waals surface area contributed by atoms with Crippen LogP contribution >= 0.6 is 11.3 Å². The number of nitriles is 1. The lowest BCUT2D eigenvalue weighted by Crippen LogP contribution is -2.14. The zero-order chi connectivity index (χ0) is 19.5. The van der Waals surface area contributed by atoms with Gasteiger partial charge >= 0.3 is 0 Å². The van der Waals surface area contributed by atoms with E-state index < -0.39 is 0 Å². The van der Waals surface area contributed by atoms with Gasteiger partial charge in [-0.05, 0) is 43.3 Å². The molecule has 0 atom stereocenters. The van der Waals surface area contributed by atoms with E-state index in [2.05, 4.69) is 39.0 Å². The van der Waals surface area contributed by atoms with Crippen molar-refractivity contribution in [3.63, 3.8) is 0 Å². The molecule has 0 radical (unpaired) electrons. The first kappa shape index (κ1) is 17.9.